The zero-order valence-corrected chi connectivity index (χ0v) is 13.5. The molecule has 4 N–H and O–H groups in total. The lowest BCUT2D eigenvalue weighted by molar-refractivity contribution is 0.256. The highest BCUT2D eigenvalue weighted by molar-refractivity contribution is 6.02. The fraction of sp³-hybridized carbons (Fsp3) is 0.529. The van der Waals surface area contributed by atoms with Crippen LogP contribution < -0.4 is 16.4 Å². The number of nitrogens with two attached hydrogens (primary N) is 1. The largest absolute Gasteiger partial charge is 0.370 e. The molecule has 5 heteroatoms. The molecule has 1 aromatic carbocycles. The monoisotopic (exact) mass is 302 g/mol. The number of benzene rings is 1. The third-order valence-corrected chi connectivity index (χ3v) is 4.26. The number of hydrogen-bond acceptors (Lipinski definition) is 2. The maximum Gasteiger partial charge on any atom is 0.326 e. The van der Waals surface area contributed by atoms with Gasteiger partial charge in [0.2, 0.25) is 0 Å². The van der Waals surface area contributed by atoms with Crippen molar-refractivity contribution < 1.29 is 4.79 Å². The van der Waals surface area contributed by atoms with E-state index in [1.165, 1.54) is 19.3 Å². The van der Waals surface area contributed by atoms with Crippen molar-refractivity contribution in [2.75, 3.05) is 11.9 Å². The van der Waals surface area contributed by atoms with Gasteiger partial charge in [-0.25, -0.2) is 4.79 Å². The standard InChI is InChI=1S/C17H26N4O/c1-3-14-9-4-6-12(2)15(14)20-17(22)21-16(18)19-11-10-13-7-5-8-13/h4,6,9,13H,3,5,7-8,10-11H2,1-2H3,(H4,18,19,20,21,22). The van der Waals surface area contributed by atoms with E-state index in [1.807, 2.05) is 25.1 Å². The van der Waals surface area contributed by atoms with Crippen LogP contribution >= 0.6 is 0 Å². The Morgan fingerprint density at radius 2 is 2.18 bits per heavy atom. The van der Waals surface area contributed by atoms with Crippen LogP contribution in [0.5, 0.6) is 0 Å². The summed E-state index contributed by atoms with van der Waals surface area (Å²) >= 11 is 0. The first kappa shape index (κ1) is 16.3. The van der Waals surface area contributed by atoms with Gasteiger partial charge in [-0.3, -0.25) is 10.3 Å². The van der Waals surface area contributed by atoms with Crippen LogP contribution in [0.2, 0.25) is 0 Å². The number of hydrogen-bond donors (Lipinski definition) is 3. The van der Waals surface area contributed by atoms with Gasteiger partial charge in [0.1, 0.15) is 0 Å². The summed E-state index contributed by atoms with van der Waals surface area (Å²) < 4.78 is 0. The average Bonchev–Trinajstić information content (AvgIpc) is 2.43. The molecule has 22 heavy (non-hydrogen) atoms. The Labute approximate surface area is 132 Å². The van der Waals surface area contributed by atoms with Crippen LogP contribution in [0.4, 0.5) is 10.5 Å². The molecule has 5 nitrogen and oxygen atoms in total. The van der Waals surface area contributed by atoms with Crippen molar-refractivity contribution in [3.05, 3.63) is 29.3 Å². The minimum atomic E-state index is -0.339. The molecule has 0 atom stereocenters. The number of amides is 2. The minimum absolute atomic E-state index is 0.184. The summed E-state index contributed by atoms with van der Waals surface area (Å²) in [5.41, 5.74) is 8.76. The van der Waals surface area contributed by atoms with E-state index in [9.17, 15) is 4.79 Å². The second-order valence-corrected chi connectivity index (χ2v) is 5.89. The van der Waals surface area contributed by atoms with Gasteiger partial charge in [-0.15, -0.1) is 0 Å². The lowest BCUT2D eigenvalue weighted by atomic mass is 9.83. The fourth-order valence-corrected chi connectivity index (χ4v) is 2.65. The van der Waals surface area contributed by atoms with E-state index in [0.29, 0.717) is 6.54 Å². The Balaban J connectivity index is 1.85. The Hall–Kier alpha value is -2.04. The molecule has 0 radical (unpaired) electrons. The molecule has 120 valence electrons. The molecule has 0 saturated heterocycles. The Kier molecular flexibility index (Phi) is 5.81. The first-order valence-corrected chi connectivity index (χ1v) is 8.06. The molecule has 0 aromatic heterocycles. The van der Waals surface area contributed by atoms with Crippen LogP contribution in [-0.4, -0.2) is 18.5 Å². The number of nitrogens with zero attached hydrogens (tertiary/aromatic N) is 1. The molecular weight excluding hydrogens is 276 g/mol. The van der Waals surface area contributed by atoms with Crippen molar-refractivity contribution in [2.45, 2.75) is 46.0 Å². The number of anilines is 1. The number of aliphatic imine (C=N–C) groups is 1. The summed E-state index contributed by atoms with van der Waals surface area (Å²) in [4.78, 5) is 16.2. The molecule has 1 aliphatic carbocycles. The highest BCUT2D eigenvalue weighted by Crippen LogP contribution is 2.29. The number of urea groups is 1. The van der Waals surface area contributed by atoms with E-state index < -0.39 is 0 Å². The predicted molar refractivity (Wildman–Crippen MR) is 91.2 cm³/mol. The Morgan fingerprint density at radius 3 is 2.82 bits per heavy atom. The molecule has 0 aliphatic heterocycles. The van der Waals surface area contributed by atoms with Gasteiger partial charge in [-0.2, -0.15) is 0 Å². The molecule has 2 amide bonds. The summed E-state index contributed by atoms with van der Waals surface area (Å²) in [6, 6.07) is 5.64. The molecule has 0 bridgehead atoms. The summed E-state index contributed by atoms with van der Waals surface area (Å²) in [5, 5.41) is 5.47. The van der Waals surface area contributed by atoms with Gasteiger partial charge in [0, 0.05) is 12.2 Å². The van der Waals surface area contributed by atoms with Gasteiger partial charge in [0.25, 0.3) is 0 Å². The lowest BCUT2D eigenvalue weighted by Crippen LogP contribution is -2.40. The van der Waals surface area contributed by atoms with Crippen molar-refractivity contribution in [2.24, 2.45) is 16.6 Å². The topological polar surface area (TPSA) is 79.5 Å². The summed E-state index contributed by atoms with van der Waals surface area (Å²) in [6.07, 6.45) is 5.86. The van der Waals surface area contributed by atoms with Crippen molar-refractivity contribution >= 4 is 17.7 Å². The fourth-order valence-electron chi connectivity index (χ4n) is 2.65. The molecule has 1 aromatic rings. The number of para-hydroxylation sites is 1. The Morgan fingerprint density at radius 1 is 1.41 bits per heavy atom. The van der Waals surface area contributed by atoms with Crippen LogP contribution in [-0.2, 0) is 6.42 Å². The van der Waals surface area contributed by atoms with Crippen LogP contribution in [0.3, 0.4) is 0 Å². The van der Waals surface area contributed by atoms with E-state index in [1.54, 1.807) is 0 Å². The molecule has 1 aliphatic rings. The van der Waals surface area contributed by atoms with E-state index in [0.717, 1.165) is 35.6 Å². The average molecular weight is 302 g/mol. The third kappa shape index (κ3) is 4.48. The number of rotatable bonds is 5. The van der Waals surface area contributed by atoms with Gasteiger partial charge in [0.15, 0.2) is 5.96 Å². The molecule has 0 heterocycles. The van der Waals surface area contributed by atoms with Gasteiger partial charge < -0.3 is 11.1 Å². The predicted octanol–water partition coefficient (Wildman–Crippen LogP) is 3.18. The third-order valence-electron chi connectivity index (χ3n) is 4.26. The van der Waals surface area contributed by atoms with Crippen molar-refractivity contribution in [3.8, 4) is 0 Å². The lowest BCUT2D eigenvalue weighted by Gasteiger charge is -2.24. The second-order valence-electron chi connectivity index (χ2n) is 5.89. The smallest absolute Gasteiger partial charge is 0.326 e. The first-order valence-electron chi connectivity index (χ1n) is 8.06. The van der Waals surface area contributed by atoms with E-state index >= 15 is 0 Å². The van der Waals surface area contributed by atoms with Crippen molar-refractivity contribution in [3.63, 3.8) is 0 Å². The molecule has 1 saturated carbocycles. The maximum atomic E-state index is 12.0. The van der Waals surface area contributed by atoms with Crippen molar-refractivity contribution in [1.82, 2.24) is 5.32 Å². The maximum absolute atomic E-state index is 12.0. The second kappa shape index (κ2) is 7.82. The number of carbonyl (C=O) groups excluding carboxylic acids is 1. The van der Waals surface area contributed by atoms with E-state index in [4.69, 9.17) is 5.73 Å². The number of carbonyl (C=O) groups is 1. The van der Waals surface area contributed by atoms with Crippen LogP contribution in [0.15, 0.2) is 23.2 Å². The molecular formula is C17H26N4O. The number of guanidine groups is 1. The zero-order chi connectivity index (χ0) is 15.9. The van der Waals surface area contributed by atoms with Gasteiger partial charge in [0.05, 0.1) is 0 Å². The minimum Gasteiger partial charge on any atom is -0.370 e. The first-order chi connectivity index (χ1) is 10.6. The highest BCUT2D eigenvalue weighted by atomic mass is 16.2. The van der Waals surface area contributed by atoms with Gasteiger partial charge in [-0.05, 0) is 36.8 Å². The van der Waals surface area contributed by atoms with Crippen LogP contribution in [0.25, 0.3) is 0 Å². The summed E-state index contributed by atoms with van der Waals surface area (Å²) in [7, 11) is 0. The highest BCUT2D eigenvalue weighted by Gasteiger charge is 2.16. The van der Waals surface area contributed by atoms with Gasteiger partial charge in [-0.1, -0.05) is 44.4 Å². The molecule has 0 spiro atoms. The molecule has 0 unspecified atom stereocenters. The Bertz CT molecular complexity index is 550. The quantitative estimate of drug-likeness (QED) is 0.577. The SMILES string of the molecule is CCc1cccc(C)c1NC(=O)NC(N)=NCCC1CCC1. The number of nitrogens with one attached hydrogen (secondary N) is 2. The normalized spacial score (nSPS) is 15.3. The van der Waals surface area contributed by atoms with E-state index in [-0.39, 0.29) is 12.0 Å². The molecule has 1 fully saturated rings. The van der Waals surface area contributed by atoms with Crippen LogP contribution in [0, 0.1) is 12.8 Å². The van der Waals surface area contributed by atoms with Crippen molar-refractivity contribution in [1.29, 1.82) is 0 Å². The van der Waals surface area contributed by atoms with Crippen LogP contribution in [0.1, 0.15) is 43.7 Å². The molecule has 2 rings (SSSR count). The zero-order valence-electron chi connectivity index (χ0n) is 13.5. The van der Waals surface area contributed by atoms with Gasteiger partial charge >= 0.3 is 6.03 Å². The summed E-state index contributed by atoms with van der Waals surface area (Å²) in [5.74, 6) is 0.980. The summed E-state index contributed by atoms with van der Waals surface area (Å²) in [6.45, 7) is 4.72. The van der Waals surface area contributed by atoms with E-state index in [2.05, 4.69) is 22.5 Å². The number of aryl methyl sites for hydroxylation is 2.